The molecule has 0 saturated heterocycles. The highest BCUT2D eigenvalue weighted by atomic mass is 79.9. The molecule has 0 aliphatic heterocycles. The van der Waals surface area contributed by atoms with E-state index in [0.29, 0.717) is 0 Å². The fourth-order valence-corrected chi connectivity index (χ4v) is 4.04. The molecular weight excluding hydrogens is 418 g/mol. The van der Waals surface area contributed by atoms with Crippen molar-refractivity contribution in [1.29, 1.82) is 0 Å². The second-order valence-electron chi connectivity index (χ2n) is 3.27. The molecule has 5 heteroatoms. The molecule has 1 nitrogen and oxygen atoms in total. The van der Waals surface area contributed by atoms with Crippen LogP contribution in [0.15, 0.2) is 43.1 Å². The van der Waals surface area contributed by atoms with Gasteiger partial charge in [0.05, 0.1) is 9.83 Å². The van der Waals surface area contributed by atoms with Crippen LogP contribution in [0.4, 0.5) is 0 Å². The summed E-state index contributed by atoms with van der Waals surface area (Å²) in [5, 5.41) is 0. The summed E-state index contributed by atoms with van der Waals surface area (Å²) in [6, 6.07) is 9.99. The predicted octanol–water partition coefficient (Wildman–Crippen LogP) is 5.08. The molecule has 0 bridgehead atoms. The molecule has 1 aromatic carbocycles. The van der Waals surface area contributed by atoms with Crippen LogP contribution in [0.1, 0.15) is 16.5 Å². The van der Waals surface area contributed by atoms with Crippen molar-refractivity contribution in [3.63, 3.8) is 0 Å². The van der Waals surface area contributed by atoms with E-state index in [1.807, 2.05) is 24.3 Å². The van der Waals surface area contributed by atoms with Gasteiger partial charge in [0.1, 0.15) is 0 Å². The molecule has 1 heterocycles. The van der Waals surface area contributed by atoms with E-state index in [0.717, 1.165) is 23.2 Å². The van der Waals surface area contributed by atoms with Crippen molar-refractivity contribution in [2.45, 2.75) is 6.04 Å². The van der Waals surface area contributed by atoms with E-state index in [1.165, 1.54) is 0 Å². The van der Waals surface area contributed by atoms with Crippen molar-refractivity contribution in [1.82, 2.24) is 0 Å². The van der Waals surface area contributed by atoms with E-state index in [4.69, 9.17) is 5.73 Å². The number of benzene rings is 1. The van der Waals surface area contributed by atoms with E-state index >= 15 is 0 Å². The number of thiophene rings is 1. The number of nitrogens with two attached hydrogens (primary N) is 1. The lowest BCUT2D eigenvalue weighted by molar-refractivity contribution is 0.887. The maximum Gasteiger partial charge on any atom is 0.0843 e. The Morgan fingerprint density at radius 3 is 2.31 bits per heavy atom. The monoisotopic (exact) mass is 423 g/mol. The summed E-state index contributed by atoms with van der Waals surface area (Å²) in [4.78, 5) is 1.13. The van der Waals surface area contributed by atoms with Crippen molar-refractivity contribution >= 4 is 59.1 Å². The average molecular weight is 426 g/mol. The van der Waals surface area contributed by atoms with E-state index in [1.54, 1.807) is 11.3 Å². The lowest BCUT2D eigenvalue weighted by Crippen LogP contribution is -2.10. The van der Waals surface area contributed by atoms with Crippen LogP contribution in [0.2, 0.25) is 0 Å². The molecule has 0 radical (unpaired) electrons. The van der Waals surface area contributed by atoms with Crippen molar-refractivity contribution in [2.24, 2.45) is 5.73 Å². The van der Waals surface area contributed by atoms with Crippen LogP contribution >= 0.6 is 59.1 Å². The largest absolute Gasteiger partial charge is 0.320 e. The predicted molar refractivity (Wildman–Crippen MR) is 79.9 cm³/mol. The first-order valence-electron chi connectivity index (χ1n) is 4.54. The Morgan fingerprint density at radius 2 is 1.75 bits per heavy atom. The summed E-state index contributed by atoms with van der Waals surface area (Å²) in [5.74, 6) is 0. The van der Waals surface area contributed by atoms with E-state index in [2.05, 4.69) is 53.9 Å². The molecule has 2 aromatic rings. The van der Waals surface area contributed by atoms with Gasteiger partial charge in [0, 0.05) is 13.8 Å². The van der Waals surface area contributed by atoms with Gasteiger partial charge in [-0.15, -0.1) is 11.3 Å². The van der Waals surface area contributed by atoms with Gasteiger partial charge < -0.3 is 5.73 Å². The first-order chi connectivity index (χ1) is 7.59. The molecular formula is C11H8Br3NS. The average Bonchev–Trinajstić information content (AvgIpc) is 2.59. The zero-order chi connectivity index (χ0) is 11.7. The Hall–Kier alpha value is 0.320. The standard InChI is InChI=1S/C11H8Br3NS/c12-7-4-2-1-3-6(7)10(15)9-5-8(13)11(14)16-9/h1-5,10H,15H2. The molecule has 0 amide bonds. The first-order valence-corrected chi connectivity index (χ1v) is 7.74. The minimum atomic E-state index is -0.0943. The maximum absolute atomic E-state index is 6.24. The molecule has 1 aromatic heterocycles. The van der Waals surface area contributed by atoms with Crippen LogP contribution in [-0.4, -0.2) is 0 Å². The zero-order valence-electron chi connectivity index (χ0n) is 8.08. The number of hydrogen-bond donors (Lipinski definition) is 1. The fraction of sp³-hybridized carbons (Fsp3) is 0.0909. The third-order valence-corrected chi connectivity index (χ3v) is 6.27. The Bertz CT molecular complexity index is 490. The van der Waals surface area contributed by atoms with Gasteiger partial charge in [-0.25, -0.2) is 0 Å². The molecule has 0 aliphatic rings. The van der Waals surface area contributed by atoms with Gasteiger partial charge >= 0.3 is 0 Å². The summed E-state index contributed by atoms with van der Waals surface area (Å²) in [7, 11) is 0. The van der Waals surface area contributed by atoms with Gasteiger partial charge in [0.15, 0.2) is 0 Å². The zero-order valence-corrected chi connectivity index (χ0v) is 13.7. The Balaban J connectivity index is 2.39. The van der Waals surface area contributed by atoms with Gasteiger partial charge in [0.2, 0.25) is 0 Å². The number of halogens is 3. The van der Waals surface area contributed by atoms with Crippen LogP contribution in [-0.2, 0) is 0 Å². The number of hydrogen-bond acceptors (Lipinski definition) is 2. The molecule has 0 spiro atoms. The number of rotatable bonds is 2. The second kappa shape index (κ2) is 5.31. The highest BCUT2D eigenvalue weighted by Gasteiger charge is 2.15. The smallest absolute Gasteiger partial charge is 0.0843 e. The molecule has 2 N–H and O–H groups in total. The lowest BCUT2D eigenvalue weighted by Gasteiger charge is -2.11. The van der Waals surface area contributed by atoms with Crippen LogP contribution in [0.5, 0.6) is 0 Å². The second-order valence-corrected chi connectivity index (χ2v) is 7.38. The van der Waals surface area contributed by atoms with Crippen LogP contribution in [0.25, 0.3) is 0 Å². The van der Waals surface area contributed by atoms with Gasteiger partial charge in [-0.2, -0.15) is 0 Å². The molecule has 1 atom stereocenters. The Morgan fingerprint density at radius 1 is 1.06 bits per heavy atom. The van der Waals surface area contributed by atoms with E-state index in [-0.39, 0.29) is 6.04 Å². The lowest BCUT2D eigenvalue weighted by atomic mass is 10.1. The fourth-order valence-electron chi connectivity index (χ4n) is 1.40. The summed E-state index contributed by atoms with van der Waals surface area (Å²) < 4.78 is 3.17. The minimum Gasteiger partial charge on any atom is -0.320 e. The van der Waals surface area contributed by atoms with Crippen LogP contribution in [0.3, 0.4) is 0 Å². The molecule has 84 valence electrons. The topological polar surface area (TPSA) is 26.0 Å². The minimum absolute atomic E-state index is 0.0943. The highest BCUT2D eigenvalue weighted by Crippen LogP contribution is 2.37. The van der Waals surface area contributed by atoms with Crippen molar-refractivity contribution in [3.8, 4) is 0 Å². The third-order valence-electron chi connectivity index (χ3n) is 2.21. The maximum atomic E-state index is 6.24. The molecule has 0 fully saturated rings. The Labute approximate surface area is 123 Å². The summed E-state index contributed by atoms with van der Waals surface area (Å²) >= 11 is 12.1. The van der Waals surface area contributed by atoms with Gasteiger partial charge in [0.25, 0.3) is 0 Å². The molecule has 0 saturated carbocycles. The van der Waals surface area contributed by atoms with Crippen molar-refractivity contribution in [2.75, 3.05) is 0 Å². The molecule has 1 unspecified atom stereocenters. The third kappa shape index (κ3) is 2.59. The van der Waals surface area contributed by atoms with E-state index < -0.39 is 0 Å². The molecule has 0 aliphatic carbocycles. The molecule has 2 rings (SSSR count). The highest BCUT2D eigenvalue weighted by molar-refractivity contribution is 9.13. The van der Waals surface area contributed by atoms with Crippen LogP contribution < -0.4 is 5.73 Å². The summed E-state index contributed by atoms with van der Waals surface area (Å²) in [5.41, 5.74) is 7.34. The normalized spacial score (nSPS) is 12.8. The summed E-state index contributed by atoms with van der Waals surface area (Å²) in [6.07, 6.45) is 0. The molecule has 16 heavy (non-hydrogen) atoms. The first kappa shape index (κ1) is 12.8. The Kier molecular flexibility index (Phi) is 4.24. The quantitative estimate of drug-likeness (QED) is 0.713. The van der Waals surface area contributed by atoms with Gasteiger partial charge in [-0.1, -0.05) is 34.1 Å². The SMILES string of the molecule is NC(c1cc(Br)c(Br)s1)c1ccccc1Br. The van der Waals surface area contributed by atoms with Crippen LogP contribution in [0, 0.1) is 0 Å². The van der Waals surface area contributed by atoms with Crippen molar-refractivity contribution < 1.29 is 0 Å². The van der Waals surface area contributed by atoms with Crippen molar-refractivity contribution in [3.05, 3.63) is 53.5 Å². The van der Waals surface area contributed by atoms with E-state index in [9.17, 15) is 0 Å². The summed E-state index contributed by atoms with van der Waals surface area (Å²) in [6.45, 7) is 0. The van der Waals surface area contributed by atoms with Gasteiger partial charge in [-0.3, -0.25) is 0 Å². The van der Waals surface area contributed by atoms with Gasteiger partial charge in [-0.05, 0) is 49.6 Å².